The standard InChI is InChI=1S/C25H34N4O3/c1-5-7-18-8-9-19(21(14-18)32-4)29-20(15-26)23(28-22(29)6-2)24(30)27-16-25(31)12-10-17(3)11-13-25/h8-9,14,17,31H,5-7,10-13,16H2,1-4H3,(H,27,30)/i4D3. The van der Waals surface area contributed by atoms with Crippen LogP contribution in [-0.4, -0.2) is 39.7 Å². The van der Waals surface area contributed by atoms with Crippen LogP contribution in [0.2, 0.25) is 0 Å². The van der Waals surface area contributed by atoms with Crippen LogP contribution < -0.4 is 10.1 Å². The minimum atomic E-state index is -2.69. The Hall–Kier alpha value is -2.85. The minimum absolute atomic E-state index is 0.0118. The van der Waals surface area contributed by atoms with E-state index < -0.39 is 18.5 Å². The predicted molar refractivity (Wildman–Crippen MR) is 123 cm³/mol. The van der Waals surface area contributed by atoms with Crippen molar-refractivity contribution in [2.45, 2.75) is 71.3 Å². The molecule has 1 amide bonds. The Balaban J connectivity index is 1.98. The average molecular weight is 442 g/mol. The maximum atomic E-state index is 13.1. The number of carbonyl (C=O) groups excluding carboxylic acids is 1. The van der Waals surface area contributed by atoms with Crippen LogP contribution in [-0.2, 0) is 12.8 Å². The predicted octanol–water partition coefficient (Wildman–Crippen LogP) is 3.94. The number of imidazole rings is 1. The molecule has 0 atom stereocenters. The van der Waals surface area contributed by atoms with Crippen molar-refractivity contribution >= 4 is 5.91 Å². The van der Waals surface area contributed by atoms with Gasteiger partial charge >= 0.3 is 0 Å². The highest BCUT2D eigenvalue weighted by Crippen LogP contribution is 2.32. The summed E-state index contributed by atoms with van der Waals surface area (Å²) in [5.74, 6) is 0.518. The van der Waals surface area contributed by atoms with Crippen molar-refractivity contribution in [3.63, 3.8) is 0 Å². The molecule has 0 saturated heterocycles. The number of nitriles is 1. The lowest BCUT2D eigenvalue weighted by molar-refractivity contribution is -0.00543. The number of aromatic nitrogens is 2. The molecule has 1 heterocycles. The topological polar surface area (TPSA) is 100 Å². The van der Waals surface area contributed by atoms with Gasteiger partial charge in [0.2, 0.25) is 0 Å². The summed E-state index contributed by atoms with van der Waals surface area (Å²) in [7, 11) is -2.69. The van der Waals surface area contributed by atoms with Crippen molar-refractivity contribution in [1.29, 1.82) is 5.26 Å². The van der Waals surface area contributed by atoms with Gasteiger partial charge in [-0.2, -0.15) is 5.26 Å². The summed E-state index contributed by atoms with van der Waals surface area (Å²) in [6.07, 6.45) is 5.00. The van der Waals surface area contributed by atoms with E-state index in [2.05, 4.69) is 23.3 Å². The number of ether oxygens (including phenoxy) is 1. The van der Waals surface area contributed by atoms with Gasteiger partial charge < -0.3 is 15.2 Å². The third-order valence-corrected chi connectivity index (χ3v) is 6.28. The van der Waals surface area contributed by atoms with E-state index in [-0.39, 0.29) is 23.7 Å². The number of amides is 1. The Labute approximate surface area is 194 Å². The summed E-state index contributed by atoms with van der Waals surface area (Å²) in [6, 6.07) is 7.27. The molecule has 172 valence electrons. The van der Waals surface area contributed by atoms with Gasteiger partial charge in [-0.1, -0.05) is 33.3 Å². The summed E-state index contributed by atoms with van der Waals surface area (Å²) >= 11 is 0. The van der Waals surface area contributed by atoms with Gasteiger partial charge in [0.15, 0.2) is 11.4 Å². The number of benzene rings is 1. The number of nitrogens with zero attached hydrogens (tertiary/aromatic N) is 3. The van der Waals surface area contributed by atoms with Gasteiger partial charge in [-0.25, -0.2) is 4.98 Å². The molecule has 0 radical (unpaired) electrons. The van der Waals surface area contributed by atoms with E-state index in [4.69, 9.17) is 8.85 Å². The van der Waals surface area contributed by atoms with Gasteiger partial charge in [0.1, 0.15) is 17.6 Å². The van der Waals surface area contributed by atoms with Crippen LogP contribution >= 0.6 is 0 Å². The molecule has 1 saturated carbocycles. The second-order valence-corrected chi connectivity index (χ2v) is 8.77. The van der Waals surface area contributed by atoms with Crippen LogP contribution in [0, 0.1) is 17.2 Å². The molecule has 7 heteroatoms. The van der Waals surface area contributed by atoms with Crippen LogP contribution in [0.3, 0.4) is 0 Å². The molecule has 0 unspecified atom stereocenters. The molecule has 1 aliphatic rings. The average Bonchev–Trinajstić information content (AvgIpc) is 3.18. The molecule has 1 aromatic carbocycles. The minimum Gasteiger partial charge on any atom is -0.495 e. The Morgan fingerprint density at radius 2 is 2.19 bits per heavy atom. The van der Waals surface area contributed by atoms with Gasteiger partial charge in [0.05, 0.1) is 22.4 Å². The zero-order chi connectivity index (χ0) is 25.8. The smallest absolute Gasteiger partial charge is 0.273 e. The molecular formula is C25H34N4O3. The molecule has 2 N–H and O–H groups in total. The van der Waals surface area contributed by atoms with E-state index in [0.717, 1.165) is 31.2 Å². The van der Waals surface area contributed by atoms with Crippen LogP contribution in [0.25, 0.3) is 5.69 Å². The fourth-order valence-electron chi connectivity index (χ4n) is 4.30. The lowest BCUT2D eigenvalue weighted by Crippen LogP contribution is -2.45. The first-order chi connectivity index (χ1) is 16.5. The molecule has 0 bridgehead atoms. The Kier molecular flexibility index (Phi) is 6.30. The van der Waals surface area contributed by atoms with Crippen molar-refractivity contribution in [2.24, 2.45) is 5.92 Å². The number of aryl methyl sites for hydroxylation is 2. The summed E-state index contributed by atoms with van der Waals surface area (Å²) in [6.45, 7) is 6.09. The van der Waals surface area contributed by atoms with Gasteiger partial charge in [0, 0.05) is 13.0 Å². The third-order valence-electron chi connectivity index (χ3n) is 6.28. The van der Waals surface area contributed by atoms with Crippen LogP contribution in [0.5, 0.6) is 5.75 Å². The fraction of sp³-hybridized carbons (Fsp3) is 0.560. The Bertz CT molecular complexity index is 1100. The molecule has 7 nitrogen and oxygen atoms in total. The maximum Gasteiger partial charge on any atom is 0.273 e. The van der Waals surface area contributed by atoms with E-state index >= 15 is 0 Å². The highest BCUT2D eigenvalue weighted by Gasteiger charge is 2.33. The number of rotatable bonds is 8. The molecule has 0 aliphatic heterocycles. The van der Waals surface area contributed by atoms with E-state index in [9.17, 15) is 15.2 Å². The first-order valence-corrected chi connectivity index (χ1v) is 11.3. The van der Waals surface area contributed by atoms with Crippen molar-refractivity contribution in [2.75, 3.05) is 13.6 Å². The number of carbonyl (C=O) groups is 1. The zero-order valence-corrected chi connectivity index (χ0v) is 19.1. The molecule has 3 rings (SSSR count). The fourth-order valence-corrected chi connectivity index (χ4v) is 4.30. The quantitative estimate of drug-likeness (QED) is 0.646. The maximum absolute atomic E-state index is 13.1. The molecular weight excluding hydrogens is 404 g/mol. The molecule has 32 heavy (non-hydrogen) atoms. The Morgan fingerprint density at radius 1 is 1.44 bits per heavy atom. The highest BCUT2D eigenvalue weighted by molar-refractivity contribution is 5.94. The second-order valence-electron chi connectivity index (χ2n) is 8.77. The van der Waals surface area contributed by atoms with Crippen LogP contribution in [0.1, 0.15) is 84.6 Å². The lowest BCUT2D eigenvalue weighted by atomic mass is 9.79. The van der Waals surface area contributed by atoms with Crippen LogP contribution in [0.4, 0.5) is 0 Å². The van der Waals surface area contributed by atoms with Gasteiger partial charge in [0.25, 0.3) is 5.91 Å². The molecule has 2 aromatic rings. The Morgan fingerprint density at radius 3 is 2.81 bits per heavy atom. The van der Waals surface area contributed by atoms with E-state index in [1.165, 1.54) is 4.57 Å². The number of methoxy groups -OCH3 is 1. The van der Waals surface area contributed by atoms with Crippen molar-refractivity contribution < 1.29 is 18.8 Å². The van der Waals surface area contributed by atoms with E-state index in [0.29, 0.717) is 36.7 Å². The highest BCUT2D eigenvalue weighted by atomic mass is 16.5. The molecule has 1 fully saturated rings. The lowest BCUT2D eigenvalue weighted by Gasteiger charge is -2.34. The van der Waals surface area contributed by atoms with Crippen molar-refractivity contribution in [1.82, 2.24) is 14.9 Å². The first-order valence-electron chi connectivity index (χ1n) is 12.8. The summed E-state index contributed by atoms with van der Waals surface area (Å²) in [4.78, 5) is 17.5. The summed E-state index contributed by atoms with van der Waals surface area (Å²) in [5, 5.41) is 23.6. The van der Waals surface area contributed by atoms with Gasteiger partial charge in [-0.15, -0.1) is 0 Å². The monoisotopic (exact) mass is 441 g/mol. The molecule has 0 spiro atoms. The van der Waals surface area contributed by atoms with Gasteiger partial charge in [-0.3, -0.25) is 9.36 Å². The normalized spacial score (nSPS) is 22.3. The third kappa shape index (κ3) is 4.97. The zero-order valence-electron chi connectivity index (χ0n) is 22.1. The largest absolute Gasteiger partial charge is 0.495 e. The van der Waals surface area contributed by atoms with Crippen molar-refractivity contribution in [3.05, 3.63) is 41.0 Å². The number of nitrogens with one attached hydrogen (secondary N) is 1. The van der Waals surface area contributed by atoms with Crippen LogP contribution in [0.15, 0.2) is 18.2 Å². The SMILES string of the molecule is [2H]C([2H])([2H])Oc1cc(CCC)ccc1-n1c(CC)nc(C(=O)NCC2(O)CCC(C)CC2)c1C#N. The second kappa shape index (κ2) is 10.2. The number of hydrogen-bond donors (Lipinski definition) is 2. The van der Waals surface area contributed by atoms with E-state index in [1.54, 1.807) is 12.1 Å². The van der Waals surface area contributed by atoms with E-state index in [1.807, 2.05) is 19.9 Å². The first kappa shape index (κ1) is 19.8. The molecule has 1 aliphatic carbocycles. The van der Waals surface area contributed by atoms with Gasteiger partial charge in [-0.05, 0) is 55.7 Å². The molecule has 1 aromatic heterocycles. The summed E-state index contributed by atoms with van der Waals surface area (Å²) in [5.41, 5.74) is 0.193. The van der Waals surface area contributed by atoms with Crippen molar-refractivity contribution in [3.8, 4) is 17.5 Å². The summed E-state index contributed by atoms with van der Waals surface area (Å²) < 4.78 is 29.6. The number of aliphatic hydroxyl groups is 1. The number of hydrogen-bond acceptors (Lipinski definition) is 5.